The zero-order valence-corrected chi connectivity index (χ0v) is 15.7. The lowest BCUT2D eigenvalue weighted by atomic mass is 10.1. The minimum atomic E-state index is -0.171. The molecule has 0 aromatic heterocycles. The third-order valence-corrected chi connectivity index (χ3v) is 4.02. The topological polar surface area (TPSA) is 60.0 Å². The molecular formula is C20H26N2O4. The molecule has 0 heterocycles. The van der Waals surface area contributed by atoms with E-state index in [1.807, 2.05) is 38.4 Å². The number of carbonyl (C=O) groups is 1. The molecule has 2 aromatic rings. The zero-order valence-electron chi connectivity index (χ0n) is 15.7. The van der Waals surface area contributed by atoms with Gasteiger partial charge in [0.15, 0.2) is 6.61 Å². The number of nitrogens with one attached hydrogen (secondary N) is 1. The Balaban J connectivity index is 1.88. The first-order valence-electron chi connectivity index (χ1n) is 8.37. The summed E-state index contributed by atoms with van der Waals surface area (Å²) in [6.45, 7) is 0.440. The van der Waals surface area contributed by atoms with Gasteiger partial charge in [0.2, 0.25) is 0 Å². The van der Waals surface area contributed by atoms with Crippen molar-refractivity contribution in [3.63, 3.8) is 0 Å². The van der Waals surface area contributed by atoms with Crippen molar-refractivity contribution < 1.29 is 19.0 Å². The minimum Gasteiger partial charge on any atom is -0.497 e. The lowest BCUT2D eigenvalue weighted by molar-refractivity contribution is -0.123. The van der Waals surface area contributed by atoms with Crippen molar-refractivity contribution in [3.05, 3.63) is 54.1 Å². The monoisotopic (exact) mass is 358 g/mol. The van der Waals surface area contributed by atoms with Gasteiger partial charge in [0.05, 0.1) is 20.3 Å². The molecule has 1 unspecified atom stereocenters. The molecule has 0 saturated carbocycles. The van der Waals surface area contributed by atoms with Crippen LogP contribution >= 0.6 is 0 Å². The number of ether oxygens (including phenoxy) is 3. The number of methoxy groups -OCH3 is 2. The van der Waals surface area contributed by atoms with E-state index in [4.69, 9.17) is 14.2 Å². The van der Waals surface area contributed by atoms with Crippen molar-refractivity contribution in [2.24, 2.45) is 0 Å². The first kappa shape index (κ1) is 19.6. The first-order chi connectivity index (χ1) is 12.5. The standard InChI is InChI=1S/C20H26N2O4/c1-22(2)19(15-6-5-7-18(12-15)25-4)13-21-20(23)14-26-17-10-8-16(24-3)9-11-17/h5-12,19H,13-14H2,1-4H3,(H,21,23). The molecule has 6 nitrogen and oxygen atoms in total. The highest BCUT2D eigenvalue weighted by atomic mass is 16.5. The third kappa shape index (κ3) is 5.67. The molecule has 0 fully saturated rings. The second-order valence-electron chi connectivity index (χ2n) is 6.02. The number of hydrogen-bond acceptors (Lipinski definition) is 5. The van der Waals surface area contributed by atoms with Gasteiger partial charge in [0.1, 0.15) is 17.2 Å². The molecule has 1 amide bonds. The summed E-state index contributed by atoms with van der Waals surface area (Å²) in [7, 11) is 7.20. The number of rotatable bonds is 9. The largest absolute Gasteiger partial charge is 0.497 e. The number of amides is 1. The molecule has 2 aromatic carbocycles. The molecule has 0 aliphatic rings. The highest BCUT2D eigenvalue weighted by Gasteiger charge is 2.16. The van der Waals surface area contributed by atoms with Crippen LogP contribution in [0.1, 0.15) is 11.6 Å². The number of carbonyl (C=O) groups excluding carboxylic acids is 1. The van der Waals surface area contributed by atoms with Crippen LogP contribution in [0.4, 0.5) is 0 Å². The Labute approximate surface area is 154 Å². The quantitative estimate of drug-likeness (QED) is 0.746. The zero-order chi connectivity index (χ0) is 18.9. The maximum absolute atomic E-state index is 12.1. The van der Waals surface area contributed by atoms with Gasteiger partial charge in [-0.2, -0.15) is 0 Å². The van der Waals surface area contributed by atoms with Crippen LogP contribution in [0.25, 0.3) is 0 Å². The maximum Gasteiger partial charge on any atom is 0.258 e. The van der Waals surface area contributed by atoms with E-state index in [1.165, 1.54) is 0 Å². The Morgan fingerprint density at radius 3 is 2.27 bits per heavy atom. The fourth-order valence-corrected chi connectivity index (χ4v) is 2.53. The number of nitrogens with zero attached hydrogens (tertiary/aromatic N) is 1. The molecular weight excluding hydrogens is 332 g/mol. The number of hydrogen-bond donors (Lipinski definition) is 1. The van der Waals surface area contributed by atoms with Crippen LogP contribution in [0.15, 0.2) is 48.5 Å². The van der Waals surface area contributed by atoms with Gasteiger partial charge in [-0.25, -0.2) is 0 Å². The van der Waals surface area contributed by atoms with Crippen molar-refractivity contribution in [1.82, 2.24) is 10.2 Å². The van der Waals surface area contributed by atoms with E-state index in [1.54, 1.807) is 38.5 Å². The fourth-order valence-electron chi connectivity index (χ4n) is 2.53. The van der Waals surface area contributed by atoms with Crippen LogP contribution in [0, 0.1) is 0 Å². The Morgan fingerprint density at radius 1 is 1.00 bits per heavy atom. The summed E-state index contributed by atoms with van der Waals surface area (Å²) in [4.78, 5) is 14.2. The summed E-state index contributed by atoms with van der Waals surface area (Å²) in [6.07, 6.45) is 0. The van der Waals surface area contributed by atoms with Crippen LogP contribution in [0.2, 0.25) is 0 Å². The first-order valence-corrected chi connectivity index (χ1v) is 8.37. The lowest BCUT2D eigenvalue weighted by Crippen LogP contribution is -2.36. The van der Waals surface area contributed by atoms with Gasteiger partial charge in [-0.1, -0.05) is 12.1 Å². The van der Waals surface area contributed by atoms with Crippen LogP contribution in [-0.2, 0) is 4.79 Å². The molecule has 0 aliphatic carbocycles. The summed E-state index contributed by atoms with van der Waals surface area (Å²) < 4.78 is 15.9. The van der Waals surface area contributed by atoms with Gasteiger partial charge in [-0.15, -0.1) is 0 Å². The van der Waals surface area contributed by atoms with E-state index >= 15 is 0 Å². The number of likely N-dealkylation sites (N-methyl/N-ethyl adjacent to an activating group) is 1. The Bertz CT molecular complexity index is 701. The molecule has 1 atom stereocenters. The third-order valence-electron chi connectivity index (χ3n) is 4.02. The van der Waals surface area contributed by atoms with Gasteiger partial charge in [-0.3, -0.25) is 4.79 Å². The lowest BCUT2D eigenvalue weighted by Gasteiger charge is -2.25. The molecule has 0 bridgehead atoms. The molecule has 0 radical (unpaired) electrons. The van der Waals surface area contributed by atoms with E-state index in [2.05, 4.69) is 10.2 Å². The van der Waals surface area contributed by atoms with Crippen molar-refractivity contribution in [3.8, 4) is 17.2 Å². The molecule has 0 spiro atoms. The predicted molar refractivity (Wildman–Crippen MR) is 101 cm³/mol. The van der Waals surface area contributed by atoms with Crippen LogP contribution in [-0.4, -0.2) is 52.3 Å². The van der Waals surface area contributed by atoms with E-state index in [0.717, 1.165) is 17.1 Å². The molecule has 2 rings (SSSR count). The fraction of sp³-hybridized carbons (Fsp3) is 0.350. The highest BCUT2D eigenvalue weighted by molar-refractivity contribution is 5.77. The SMILES string of the molecule is COc1ccc(OCC(=O)NCC(c2cccc(OC)c2)N(C)C)cc1. The average Bonchev–Trinajstić information content (AvgIpc) is 2.66. The summed E-state index contributed by atoms with van der Waals surface area (Å²) in [5.74, 6) is 1.99. The van der Waals surface area contributed by atoms with Crippen molar-refractivity contribution in [1.29, 1.82) is 0 Å². The molecule has 0 aliphatic heterocycles. The van der Waals surface area contributed by atoms with Crippen molar-refractivity contribution in [2.45, 2.75) is 6.04 Å². The van der Waals surface area contributed by atoms with Crippen molar-refractivity contribution in [2.75, 3.05) is 41.5 Å². The Kier molecular flexibility index (Phi) is 7.29. The van der Waals surface area contributed by atoms with Crippen LogP contribution in [0.5, 0.6) is 17.2 Å². The molecule has 1 N–H and O–H groups in total. The summed E-state index contributed by atoms with van der Waals surface area (Å²) in [5, 5.41) is 2.92. The van der Waals surface area contributed by atoms with Crippen molar-refractivity contribution >= 4 is 5.91 Å². The highest BCUT2D eigenvalue weighted by Crippen LogP contribution is 2.22. The second-order valence-corrected chi connectivity index (χ2v) is 6.02. The van der Waals surface area contributed by atoms with E-state index in [-0.39, 0.29) is 18.6 Å². The van der Waals surface area contributed by atoms with Crippen LogP contribution in [0.3, 0.4) is 0 Å². The van der Waals surface area contributed by atoms with Gasteiger partial charge in [0.25, 0.3) is 5.91 Å². The Hall–Kier alpha value is -2.73. The molecule has 140 valence electrons. The van der Waals surface area contributed by atoms with E-state index in [0.29, 0.717) is 12.3 Å². The second kappa shape index (κ2) is 9.68. The van der Waals surface area contributed by atoms with Gasteiger partial charge < -0.3 is 24.4 Å². The summed E-state index contributed by atoms with van der Waals surface area (Å²) in [5.41, 5.74) is 1.07. The molecule has 6 heteroatoms. The Morgan fingerprint density at radius 2 is 1.65 bits per heavy atom. The molecule has 0 saturated heterocycles. The number of benzene rings is 2. The van der Waals surface area contributed by atoms with Gasteiger partial charge in [-0.05, 0) is 56.1 Å². The van der Waals surface area contributed by atoms with Gasteiger partial charge in [0, 0.05) is 6.54 Å². The summed E-state index contributed by atoms with van der Waals surface area (Å²) >= 11 is 0. The van der Waals surface area contributed by atoms with E-state index < -0.39 is 0 Å². The maximum atomic E-state index is 12.1. The van der Waals surface area contributed by atoms with E-state index in [9.17, 15) is 4.79 Å². The van der Waals surface area contributed by atoms with Crippen LogP contribution < -0.4 is 19.5 Å². The minimum absolute atomic E-state index is 0.0371. The summed E-state index contributed by atoms with van der Waals surface area (Å²) in [6, 6.07) is 15.0. The normalized spacial score (nSPS) is 11.7. The van der Waals surface area contributed by atoms with Gasteiger partial charge >= 0.3 is 0 Å². The smallest absolute Gasteiger partial charge is 0.258 e. The molecule has 26 heavy (non-hydrogen) atoms. The average molecular weight is 358 g/mol. The predicted octanol–water partition coefficient (Wildman–Crippen LogP) is 2.50.